The molecule has 0 atom stereocenters. The minimum Gasteiger partial charge on any atom is -0.478 e. The largest absolute Gasteiger partial charge is 0.478 e. The van der Waals surface area contributed by atoms with Crippen LogP contribution in [-0.4, -0.2) is 22.2 Å². The third-order valence-electron chi connectivity index (χ3n) is 5.24. The first-order valence-electron chi connectivity index (χ1n) is 9.65. The van der Waals surface area contributed by atoms with Gasteiger partial charge in [-0.2, -0.15) is 0 Å². The van der Waals surface area contributed by atoms with E-state index in [0.717, 1.165) is 27.7 Å². The molecule has 0 bridgehead atoms. The Hall–Kier alpha value is -2.92. The van der Waals surface area contributed by atoms with Gasteiger partial charge in [0.05, 0.1) is 12.1 Å². The van der Waals surface area contributed by atoms with Crippen molar-refractivity contribution in [3.8, 4) is 11.1 Å². The van der Waals surface area contributed by atoms with Crippen LogP contribution in [0.15, 0.2) is 54.4 Å². The molecular formula is C24H27FN2O2. The van der Waals surface area contributed by atoms with Crippen LogP contribution in [0.25, 0.3) is 22.0 Å². The lowest BCUT2D eigenvalue weighted by molar-refractivity contribution is 0.0697. The Morgan fingerprint density at radius 1 is 1.21 bits per heavy atom. The Morgan fingerprint density at radius 2 is 1.93 bits per heavy atom. The molecule has 0 unspecified atom stereocenters. The van der Waals surface area contributed by atoms with E-state index in [4.69, 9.17) is 5.73 Å². The van der Waals surface area contributed by atoms with E-state index in [1.165, 1.54) is 11.6 Å². The molecule has 1 heterocycles. The van der Waals surface area contributed by atoms with Gasteiger partial charge < -0.3 is 15.4 Å². The zero-order valence-electron chi connectivity index (χ0n) is 17.3. The number of carbonyl (C=O) groups is 1. The summed E-state index contributed by atoms with van der Waals surface area (Å²) in [5.41, 5.74) is 10.4. The lowest BCUT2D eigenvalue weighted by atomic mass is 9.85. The zero-order valence-corrected chi connectivity index (χ0v) is 17.3. The third kappa shape index (κ3) is 4.10. The number of aromatic carboxylic acids is 1. The first-order chi connectivity index (χ1) is 13.6. The molecule has 0 fully saturated rings. The van der Waals surface area contributed by atoms with Gasteiger partial charge in [-0.05, 0) is 47.7 Å². The molecule has 3 aromatic rings. The van der Waals surface area contributed by atoms with Crippen LogP contribution in [0.1, 0.15) is 42.4 Å². The lowest BCUT2D eigenvalue weighted by Crippen LogP contribution is -2.10. The lowest BCUT2D eigenvalue weighted by Gasteiger charge is -2.20. The van der Waals surface area contributed by atoms with Gasteiger partial charge in [-0.15, -0.1) is 0 Å². The van der Waals surface area contributed by atoms with E-state index >= 15 is 0 Å². The second kappa shape index (κ2) is 7.84. The first kappa shape index (κ1) is 20.8. The number of hydrogen-bond acceptors (Lipinski definition) is 2. The summed E-state index contributed by atoms with van der Waals surface area (Å²) in [5.74, 6) is -1.30. The molecule has 3 rings (SSSR count). The molecule has 1 aromatic heterocycles. The average Bonchev–Trinajstić information content (AvgIpc) is 2.92. The summed E-state index contributed by atoms with van der Waals surface area (Å²) in [7, 11) is 0. The molecule has 0 radical (unpaired) electrons. The van der Waals surface area contributed by atoms with Gasteiger partial charge in [-0.1, -0.05) is 45.0 Å². The van der Waals surface area contributed by atoms with Crippen molar-refractivity contribution in [1.29, 1.82) is 0 Å². The number of aromatic nitrogens is 1. The summed E-state index contributed by atoms with van der Waals surface area (Å²) < 4.78 is 16.2. The summed E-state index contributed by atoms with van der Waals surface area (Å²) >= 11 is 0. The van der Waals surface area contributed by atoms with Crippen molar-refractivity contribution < 1.29 is 14.3 Å². The number of rotatable bonds is 5. The minimum absolute atomic E-state index is 0.0233. The molecule has 4 nitrogen and oxygen atoms in total. The van der Waals surface area contributed by atoms with E-state index in [1.54, 1.807) is 18.2 Å². The molecule has 3 N–H and O–H groups in total. The fourth-order valence-electron chi connectivity index (χ4n) is 3.67. The molecule has 0 saturated heterocycles. The second-order valence-corrected chi connectivity index (χ2v) is 8.30. The topological polar surface area (TPSA) is 68.2 Å². The number of fused-ring (bicyclic) bond motifs is 1. The molecule has 0 aliphatic heterocycles. The summed E-state index contributed by atoms with van der Waals surface area (Å²) in [5, 5.41) is 10.3. The zero-order chi connectivity index (χ0) is 21.3. The summed E-state index contributed by atoms with van der Waals surface area (Å²) in [4.78, 5) is 11.5. The Balaban J connectivity index is 2.30. The highest BCUT2D eigenvalue weighted by Gasteiger charge is 2.20. The highest BCUT2D eigenvalue weighted by Crippen LogP contribution is 2.37. The van der Waals surface area contributed by atoms with Gasteiger partial charge in [0.15, 0.2) is 0 Å². The average molecular weight is 394 g/mol. The summed E-state index contributed by atoms with van der Waals surface area (Å²) in [6.07, 6.45) is 1.36. The molecule has 0 saturated carbocycles. The molecule has 0 aliphatic carbocycles. The van der Waals surface area contributed by atoms with Gasteiger partial charge in [-0.3, -0.25) is 0 Å². The van der Waals surface area contributed by atoms with Gasteiger partial charge in [0.1, 0.15) is 5.83 Å². The molecule has 0 spiro atoms. The number of nitrogens with zero attached hydrogens (tertiary/aromatic N) is 1. The number of benzene rings is 2. The molecule has 5 heteroatoms. The van der Waals surface area contributed by atoms with Crippen molar-refractivity contribution in [2.45, 2.75) is 39.7 Å². The normalized spacial score (nSPS) is 12.6. The highest BCUT2D eigenvalue weighted by atomic mass is 19.1. The maximum absolute atomic E-state index is 14.3. The Labute approximate surface area is 170 Å². The molecule has 0 amide bonds. The Bertz CT molecular complexity index is 1100. The maximum atomic E-state index is 14.3. The van der Waals surface area contributed by atoms with Crippen molar-refractivity contribution in [2.24, 2.45) is 5.73 Å². The molecule has 152 valence electrons. The number of carboxylic acids is 1. The number of hydrogen-bond donors (Lipinski definition) is 2. The van der Waals surface area contributed by atoms with Gasteiger partial charge in [-0.25, -0.2) is 9.18 Å². The van der Waals surface area contributed by atoms with E-state index in [-0.39, 0.29) is 29.9 Å². The van der Waals surface area contributed by atoms with Crippen molar-refractivity contribution in [3.63, 3.8) is 0 Å². The van der Waals surface area contributed by atoms with E-state index < -0.39 is 5.97 Å². The standard InChI is InChI=1S/C24H27FN2O2/c1-15-22(16-6-5-7-18(12-16)24(2,3)4)20-13-17(23(28)29)8-9-21(20)27(15)14-19(25)10-11-26/h5-10,12-13H,11,14,26H2,1-4H3,(H,28,29). The van der Waals surface area contributed by atoms with Crippen LogP contribution in [0.4, 0.5) is 4.39 Å². The van der Waals surface area contributed by atoms with E-state index in [9.17, 15) is 14.3 Å². The number of nitrogens with two attached hydrogens (primary N) is 1. The number of halogens is 1. The fourth-order valence-corrected chi connectivity index (χ4v) is 3.67. The van der Waals surface area contributed by atoms with Crippen molar-refractivity contribution >= 4 is 16.9 Å². The van der Waals surface area contributed by atoms with Gasteiger partial charge in [0.25, 0.3) is 0 Å². The maximum Gasteiger partial charge on any atom is 0.335 e. The van der Waals surface area contributed by atoms with Gasteiger partial charge in [0, 0.05) is 28.7 Å². The molecule has 29 heavy (non-hydrogen) atoms. The molecule has 0 aliphatic rings. The Morgan fingerprint density at radius 3 is 2.55 bits per heavy atom. The predicted molar refractivity (Wildman–Crippen MR) is 116 cm³/mol. The summed E-state index contributed by atoms with van der Waals surface area (Å²) in [6, 6.07) is 13.2. The van der Waals surface area contributed by atoms with Gasteiger partial charge in [0.2, 0.25) is 0 Å². The third-order valence-corrected chi connectivity index (χ3v) is 5.24. The predicted octanol–water partition coefficient (Wildman–Crippen LogP) is 5.42. The van der Waals surface area contributed by atoms with Gasteiger partial charge >= 0.3 is 5.97 Å². The van der Waals surface area contributed by atoms with Crippen molar-refractivity contribution in [3.05, 3.63) is 71.2 Å². The molecular weight excluding hydrogens is 367 g/mol. The minimum atomic E-state index is -0.985. The van der Waals surface area contributed by atoms with Crippen LogP contribution in [0.2, 0.25) is 0 Å². The second-order valence-electron chi connectivity index (χ2n) is 8.30. The van der Waals surface area contributed by atoms with E-state index in [0.29, 0.717) is 0 Å². The van der Waals surface area contributed by atoms with Crippen LogP contribution in [0, 0.1) is 6.92 Å². The fraction of sp³-hybridized carbons (Fsp3) is 0.292. The van der Waals surface area contributed by atoms with Crippen LogP contribution < -0.4 is 5.73 Å². The summed E-state index contributed by atoms with van der Waals surface area (Å²) in [6.45, 7) is 8.58. The SMILES string of the molecule is Cc1c(-c2cccc(C(C)(C)C)c2)c2cc(C(=O)O)ccc2n1CC(F)=CCN. The van der Waals surface area contributed by atoms with Crippen LogP contribution >= 0.6 is 0 Å². The van der Waals surface area contributed by atoms with Crippen LogP contribution in [0.5, 0.6) is 0 Å². The number of allylic oxidation sites excluding steroid dienone is 1. The van der Waals surface area contributed by atoms with Crippen molar-refractivity contribution in [2.75, 3.05) is 6.54 Å². The number of carboxylic acid groups (broad SMARTS) is 1. The Kier molecular flexibility index (Phi) is 5.62. The highest BCUT2D eigenvalue weighted by molar-refractivity contribution is 6.02. The van der Waals surface area contributed by atoms with E-state index in [1.807, 2.05) is 23.6 Å². The smallest absolute Gasteiger partial charge is 0.335 e. The van der Waals surface area contributed by atoms with E-state index in [2.05, 4.69) is 32.9 Å². The monoisotopic (exact) mass is 394 g/mol. The first-order valence-corrected chi connectivity index (χ1v) is 9.65. The molecule has 2 aromatic carbocycles. The van der Waals surface area contributed by atoms with Crippen molar-refractivity contribution in [1.82, 2.24) is 4.57 Å². The van der Waals surface area contributed by atoms with Crippen LogP contribution in [0.3, 0.4) is 0 Å². The van der Waals surface area contributed by atoms with Crippen LogP contribution in [-0.2, 0) is 12.0 Å². The quantitative estimate of drug-likeness (QED) is 0.607.